The Bertz CT molecular complexity index is 1110. The van der Waals surface area contributed by atoms with Crippen LogP contribution in [0.25, 0.3) is 0 Å². The van der Waals surface area contributed by atoms with Crippen LogP contribution in [0.5, 0.6) is 0 Å². The summed E-state index contributed by atoms with van der Waals surface area (Å²) in [5.41, 5.74) is 1.72. The molecule has 3 aromatic carbocycles. The molecule has 0 aliphatic heterocycles. The molecule has 0 bridgehead atoms. The van der Waals surface area contributed by atoms with Crippen molar-refractivity contribution in [2.45, 2.75) is 23.9 Å². The lowest BCUT2D eigenvalue weighted by Gasteiger charge is -2.19. The van der Waals surface area contributed by atoms with Gasteiger partial charge in [0, 0.05) is 11.6 Å². The normalized spacial score (nSPS) is 12.3. The Kier molecular flexibility index (Phi) is 7.50. The van der Waals surface area contributed by atoms with E-state index in [1.165, 1.54) is 18.2 Å². The van der Waals surface area contributed by atoms with Crippen molar-refractivity contribution in [3.8, 4) is 0 Å². The molecule has 0 fully saturated rings. The molecule has 1 amide bonds. The fraction of sp³-hybridized carbons (Fsp3) is 0.136. The van der Waals surface area contributed by atoms with Crippen molar-refractivity contribution in [1.82, 2.24) is 10.0 Å². The molecule has 156 valence electrons. The van der Waals surface area contributed by atoms with E-state index in [9.17, 15) is 13.2 Å². The van der Waals surface area contributed by atoms with E-state index in [4.69, 9.17) is 23.2 Å². The molecule has 1 atom stereocenters. The summed E-state index contributed by atoms with van der Waals surface area (Å²) in [6.45, 7) is 0.282. The zero-order valence-electron chi connectivity index (χ0n) is 15.9. The van der Waals surface area contributed by atoms with E-state index in [0.717, 1.165) is 11.1 Å². The molecule has 3 rings (SSSR count). The maximum Gasteiger partial charge on any atom is 0.242 e. The van der Waals surface area contributed by atoms with Gasteiger partial charge in [-0.15, -0.1) is 0 Å². The summed E-state index contributed by atoms with van der Waals surface area (Å²) in [5.74, 6) is -0.440. The first-order valence-electron chi connectivity index (χ1n) is 9.18. The van der Waals surface area contributed by atoms with Gasteiger partial charge < -0.3 is 5.32 Å². The number of hydrogen-bond acceptors (Lipinski definition) is 3. The fourth-order valence-electron chi connectivity index (χ4n) is 2.88. The smallest absolute Gasteiger partial charge is 0.242 e. The first-order valence-corrected chi connectivity index (χ1v) is 11.4. The molecule has 0 heterocycles. The maximum absolute atomic E-state index is 13.0. The van der Waals surface area contributed by atoms with Crippen LogP contribution in [0, 0.1) is 0 Å². The van der Waals surface area contributed by atoms with Gasteiger partial charge in [-0.1, -0.05) is 83.9 Å². The van der Waals surface area contributed by atoms with Crippen molar-refractivity contribution >= 4 is 39.1 Å². The molecule has 0 unspecified atom stereocenters. The Labute approximate surface area is 186 Å². The van der Waals surface area contributed by atoms with Gasteiger partial charge in [-0.25, -0.2) is 8.42 Å². The van der Waals surface area contributed by atoms with E-state index < -0.39 is 22.0 Å². The van der Waals surface area contributed by atoms with Gasteiger partial charge in [-0.2, -0.15) is 4.72 Å². The molecule has 3 aromatic rings. The number of sulfonamides is 1. The summed E-state index contributed by atoms with van der Waals surface area (Å²) in [7, 11) is -4.09. The van der Waals surface area contributed by atoms with Crippen molar-refractivity contribution < 1.29 is 13.2 Å². The summed E-state index contributed by atoms with van der Waals surface area (Å²) >= 11 is 12.0. The van der Waals surface area contributed by atoms with Crippen LogP contribution in [-0.2, 0) is 27.8 Å². The van der Waals surface area contributed by atoms with Crippen molar-refractivity contribution in [2.75, 3.05) is 0 Å². The zero-order chi connectivity index (χ0) is 21.6. The van der Waals surface area contributed by atoms with Crippen LogP contribution >= 0.6 is 23.2 Å². The molecule has 2 N–H and O–H groups in total. The summed E-state index contributed by atoms with van der Waals surface area (Å²) in [6, 6.07) is 21.7. The number of nitrogens with one attached hydrogen (secondary N) is 2. The number of benzene rings is 3. The van der Waals surface area contributed by atoms with Crippen molar-refractivity contribution in [3.05, 3.63) is 100 Å². The van der Waals surface area contributed by atoms with Crippen LogP contribution in [0.2, 0.25) is 10.0 Å². The molecule has 5 nitrogen and oxygen atoms in total. The third kappa shape index (κ3) is 6.06. The van der Waals surface area contributed by atoms with Crippen LogP contribution in [0.4, 0.5) is 0 Å². The van der Waals surface area contributed by atoms with Gasteiger partial charge in [-0.05, 0) is 35.7 Å². The van der Waals surface area contributed by atoms with Gasteiger partial charge >= 0.3 is 0 Å². The molecule has 0 radical (unpaired) electrons. The Morgan fingerprint density at radius 3 is 2.10 bits per heavy atom. The summed E-state index contributed by atoms with van der Waals surface area (Å²) in [6.07, 6.45) is 0.179. The minimum absolute atomic E-state index is 0.0232. The lowest BCUT2D eigenvalue weighted by Crippen LogP contribution is -2.47. The van der Waals surface area contributed by atoms with E-state index >= 15 is 0 Å². The average Bonchev–Trinajstić information content (AvgIpc) is 2.74. The van der Waals surface area contributed by atoms with Crippen LogP contribution in [0.15, 0.2) is 83.8 Å². The number of amides is 1. The molecule has 0 saturated carbocycles. The topological polar surface area (TPSA) is 75.3 Å². The van der Waals surface area contributed by atoms with Crippen molar-refractivity contribution in [3.63, 3.8) is 0 Å². The second-order valence-corrected chi connectivity index (χ2v) is 9.17. The minimum Gasteiger partial charge on any atom is -0.351 e. The molecule has 0 aliphatic rings. The number of carbonyl (C=O) groups excluding carboxylic acids is 1. The second kappa shape index (κ2) is 10.1. The Hall–Kier alpha value is -2.38. The molecular weight excluding hydrogens is 443 g/mol. The fourth-order valence-corrected chi connectivity index (χ4v) is 4.84. The largest absolute Gasteiger partial charge is 0.351 e. The molecule has 0 aromatic heterocycles. The van der Waals surface area contributed by atoms with E-state index in [1.807, 2.05) is 60.7 Å². The predicted molar refractivity (Wildman–Crippen MR) is 119 cm³/mol. The van der Waals surface area contributed by atoms with Gasteiger partial charge in [0.25, 0.3) is 0 Å². The number of hydrogen-bond donors (Lipinski definition) is 2. The van der Waals surface area contributed by atoms with Crippen LogP contribution < -0.4 is 10.0 Å². The van der Waals surface area contributed by atoms with E-state index in [0.29, 0.717) is 0 Å². The van der Waals surface area contributed by atoms with Gasteiger partial charge in [0.2, 0.25) is 15.9 Å². The van der Waals surface area contributed by atoms with Crippen LogP contribution in [0.3, 0.4) is 0 Å². The predicted octanol–water partition coefficient (Wildman–Crippen LogP) is 4.20. The molecule has 0 saturated heterocycles. The van der Waals surface area contributed by atoms with Crippen LogP contribution in [0.1, 0.15) is 11.1 Å². The average molecular weight is 463 g/mol. The van der Waals surface area contributed by atoms with Gasteiger partial charge in [0.1, 0.15) is 10.9 Å². The Morgan fingerprint density at radius 1 is 0.867 bits per heavy atom. The van der Waals surface area contributed by atoms with Gasteiger partial charge in [0.05, 0.1) is 5.02 Å². The molecule has 8 heteroatoms. The monoisotopic (exact) mass is 462 g/mol. The highest BCUT2D eigenvalue weighted by Crippen LogP contribution is 2.25. The molecule has 0 spiro atoms. The van der Waals surface area contributed by atoms with Gasteiger partial charge in [0.15, 0.2) is 0 Å². The Morgan fingerprint density at radius 2 is 1.47 bits per heavy atom. The van der Waals surface area contributed by atoms with E-state index in [-0.39, 0.29) is 27.9 Å². The van der Waals surface area contributed by atoms with E-state index in [2.05, 4.69) is 10.0 Å². The lowest BCUT2D eigenvalue weighted by atomic mass is 10.1. The van der Waals surface area contributed by atoms with Crippen molar-refractivity contribution in [2.24, 2.45) is 0 Å². The lowest BCUT2D eigenvalue weighted by molar-refractivity contribution is -0.122. The highest BCUT2D eigenvalue weighted by Gasteiger charge is 2.27. The SMILES string of the molecule is O=C(NCc1ccccc1)[C@H](Cc1ccccc1)NS(=O)(=O)c1cc(Cl)ccc1Cl. The quantitative estimate of drug-likeness (QED) is 0.526. The maximum atomic E-state index is 13.0. The third-order valence-electron chi connectivity index (χ3n) is 4.39. The molecular formula is C22H20Cl2N2O3S. The number of rotatable bonds is 8. The summed E-state index contributed by atoms with van der Waals surface area (Å²) < 4.78 is 28.4. The zero-order valence-corrected chi connectivity index (χ0v) is 18.2. The number of carbonyl (C=O) groups is 1. The highest BCUT2D eigenvalue weighted by molar-refractivity contribution is 7.89. The van der Waals surface area contributed by atoms with Crippen molar-refractivity contribution in [1.29, 1.82) is 0 Å². The van der Waals surface area contributed by atoms with Crippen LogP contribution in [-0.4, -0.2) is 20.4 Å². The minimum atomic E-state index is -4.09. The summed E-state index contributed by atoms with van der Waals surface area (Å²) in [5, 5.41) is 3.05. The number of halogens is 2. The summed E-state index contributed by atoms with van der Waals surface area (Å²) in [4.78, 5) is 12.7. The van der Waals surface area contributed by atoms with E-state index in [1.54, 1.807) is 0 Å². The van der Waals surface area contributed by atoms with Gasteiger partial charge in [-0.3, -0.25) is 4.79 Å². The first kappa shape index (κ1) is 22.3. The third-order valence-corrected chi connectivity index (χ3v) is 6.58. The highest BCUT2D eigenvalue weighted by atomic mass is 35.5. The second-order valence-electron chi connectivity index (χ2n) is 6.64. The molecule has 0 aliphatic carbocycles. The standard InChI is InChI=1S/C22H20Cl2N2O3S/c23-18-11-12-19(24)21(14-18)30(28,29)26-20(13-16-7-3-1-4-8-16)22(27)25-15-17-9-5-2-6-10-17/h1-12,14,20,26H,13,15H2,(H,25,27)/t20-/m0/s1. The first-order chi connectivity index (χ1) is 14.3. The Balaban J connectivity index is 1.83. The molecule has 30 heavy (non-hydrogen) atoms.